The highest BCUT2D eigenvalue weighted by Gasteiger charge is 2.30. The van der Waals surface area contributed by atoms with Crippen molar-refractivity contribution in [3.05, 3.63) is 52.8 Å². The first kappa shape index (κ1) is 16.8. The number of aromatic nitrogens is 5. The Labute approximate surface area is 154 Å². The van der Waals surface area contributed by atoms with Crippen LogP contribution in [0.4, 0.5) is 5.13 Å². The molecule has 3 aromatic heterocycles. The average molecular weight is 370 g/mol. The minimum Gasteiger partial charge on any atom is -0.377 e. The summed E-state index contributed by atoms with van der Waals surface area (Å²) in [6.07, 6.45) is 3.44. The van der Waals surface area contributed by atoms with E-state index >= 15 is 0 Å². The lowest BCUT2D eigenvalue weighted by molar-refractivity contribution is 0.179. The van der Waals surface area contributed by atoms with Gasteiger partial charge in [0, 0.05) is 61.7 Å². The summed E-state index contributed by atoms with van der Waals surface area (Å²) in [5, 5.41) is 5.41. The van der Waals surface area contributed by atoms with Gasteiger partial charge in [-0.2, -0.15) is 9.47 Å². The number of anilines is 1. The first-order chi connectivity index (χ1) is 12.7. The Kier molecular flexibility index (Phi) is 4.72. The largest absolute Gasteiger partial charge is 0.377 e. The Bertz CT molecular complexity index is 936. The van der Waals surface area contributed by atoms with E-state index in [-0.39, 0.29) is 5.56 Å². The summed E-state index contributed by atoms with van der Waals surface area (Å²) in [7, 11) is 1.63. The van der Waals surface area contributed by atoms with Gasteiger partial charge in [0.25, 0.3) is 5.56 Å². The number of ether oxygens (including phenoxy) is 1. The SMILES string of the molecule is COCc1nsc(N2CC(Cn3nc(-c4ccncc4)ccc3=O)C2)n1. The topological polar surface area (TPSA) is 86.0 Å². The number of methoxy groups -OCH3 is 1. The number of nitrogens with zero attached hydrogens (tertiary/aromatic N) is 6. The number of hydrogen-bond donors (Lipinski definition) is 0. The summed E-state index contributed by atoms with van der Waals surface area (Å²) in [6, 6.07) is 7.09. The van der Waals surface area contributed by atoms with Crippen LogP contribution in [0.15, 0.2) is 41.5 Å². The van der Waals surface area contributed by atoms with Crippen LogP contribution in [0.1, 0.15) is 5.82 Å². The lowest BCUT2D eigenvalue weighted by atomic mass is 10.0. The fourth-order valence-corrected chi connectivity index (χ4v) is 3.59. The summed E-state index contributed by atoms with van der Waals surface area (Å²) in [5.41, 5.74) is 1.64. The molecule has 4 rings (SSSR count). The molecule has 1 saturated heterocycles. The molecule has 0 bridgehead atoms. The fraction of sp³-hybridized carbons (Fsp3) is 0.353. The summed E-state index contributed by atoms with van der Waals surface area (Å²) >= 11 is 1.38. The van der Waals surface area contributed by atoms with Crippen LogP contribution < -0.4 is 10.5 Å². The van der Waals surface area contributed by atoms with Gasteiger partial charge in [0.2, 0.25) is 5.13 Å². The van der Waals surface area contributed by atoms with Crippen molar-refractivity contribution in [3.63, 3.8) is 0 Å². The molecular weight excluding hydrogens is 352 g/mol. The fourth-order valence-electron chi connectivity index (χ4n) is 2.90. The predicted molar refractivity (Wildman–Crippen MR) is 98.1 cm³/mol. The molecule has 0 aromatic carbocycles. The van der Waals surface area contributed by atoms with Crippen LogP contribution >= 0.6 is 11.5 Å². The van der Waals surface area contributed by atoms with Crippen molar-refractivity contribution < 1.29 is 4.74 Å². The van der Waals surface area contributed by atoms with Crippen molar-refractivity contribution in [2.24, 2.45) is 5.92 Å². The highest BCUT2D eigenvalue weighted by molar-refractivity contribution is 7.09. The smallest absolute Gasteiger partial charge is 0.266 e. The summed E-state index contributed by atoms with van der Waals surface area (Å²) in [5.74, 6) is 1.07. The van der Waals surface area contributed by atoms with E-state index in [2.05, 4.69) is 24.3 Å². The Hall–Kier alpha value is -2.65. The van der Waals surface area contributed by atoms with Gasteiger partial charge in [-0.1, -0.05) is 0 Å². The second-order valence-corrected chi connectivity index (χ2v) is 6.90. The Balaban J connectivity index is 1.41. The predicted octanol–water partition coefficient (Wildman–Crippen LogP) is 1.44. The average Bonchev–Trinajstić information content (AvgIpc) is 3.08. The van der Waals surface area contributed by atoms with Crippen molar-refractivity contribution >= 4 is 16.7 Å². The number of hydrogen-bond acceptors (Lipinski definition) is 8. The van der Waals surface area contributed by atoms with E-state index in [9.17, 15) is 4.79 Å². The second kappa shape index (κ2) is 7.30. The van der Waals surface area contributed by atoms with E-state index in [0.29, 0.717) is 24.9 Å². The lowest BCUT2D eigenvalue weighted by Crippen LogP contribution is -2.49. The molecule has 0 atom stereocenters. The Morgan fingerprint density at radius 3 is 2.81 bits per heavy atom. The summed E-state index contributed by atoms with van der Waals surface area (Å²) in [6.45, 7) is 2.71. The van der Waals surface area contributed by atoms with Gasteiger partial charge in [0.05, 0.1) is 12.2 Å². The van der Waals surface area contributed by atoms with Gasteiger partial charge in [0.15, 0.2) is 5.82 Å². The van der Waals surface area contributed by atoms with E-state index in [1.54, 1.807) is 36.3 Å². The highest BCUT2D eigenvalue weighted by atomic mass is 32.1. The van der Waals surface area contributed by atoms with E-state index in [1.807, 2.05) is 12.1 Å². The van der Waals surface area contributed by atoms with Gasteiger partial charge in [-0.25, -0.2) is 9.67 Å². The second-order valence-electron chi connectivity index (χ2n) is 6.17. The Morgan fingerprint density at radius 2 is 2.04 bits per heavy atom. The molecule has 9 heteroatoms. The molecular formula is C17H18N6O2S. The van der Waals surface area contributed by atoms with E-state index in [4.69, 9.17) is 4.74 Å². The highest BCUT2D eigenvalue weighted by Crippen LogP contribution is 2.27. The van der Waals surface area contributed by atoms with Crippen LogP contribution in [0.5, 0.6) is 0 Å². The number of rotatable bonds is 6. The Morgan fingerprint density at radius 1 is 1.23 bits per heavy atom. The lowest BCUT2D eigenvalue weighted by Gasteiger charge is -2.38. The quantitative estimate of drug-likeness (QED) is 0.649. The molecule has 3 aromatic rings. The molecule has 0 spiro atoms. The molecule has 0 amide bonds. The standard InChI is InChI=1S/C17H18N6O2S/c1-25-11-15-19-17(26-21-15)22-8-12(9-22)10-23-16(24)3-2-14(20-23)13-4-6-18-7-5-13/h2-7,12H,8-11H2,1H3. The summed E-state index contributed by atoms with van der Waals surface area (Å²) in [4.78, 5) is 22.8. The van der Waals surface area contributed by atoms with Crippen LogP contribution in [0.3, 0.4) is 0 Å². The molecule has 0 saturated carbocycles. The zero-order chi connectivity index (χ0) is 17.9. The van der Waals surface area contributed by atoms with E-state index < -0.39 is 0 Å². The maximum Gasteiger partial charge on any atom is 0.266 e. The molecule has 1 aliphatic heterocycles. The van der Waals surface area contributed by atoms with Gasteiger partial charge in [-0.05, 0) is 18.2 Å². The number of pyridine rings is 1. The minimum absolute atomic E-state index is 0.0837. The van der Waals surface area contributed by atoms with Gasteiger partial charge < -0.3 is 9.64 Å². The first-order valence-electron chi connectivity index (χ1n) is 8.28. The molecule has 0 unspecified atom stereocenters. The van der Waals surface area contributed by atoms with Crippen LogP contribution in [0.2, 0.25) is 0 Å². The van der Waals surface area contributed by atoms with Gasteiger partial charge in [-0.15, -0.1) is 0 Å². The van der Waals surface area contributed by atoms with Crippen molar-refractivity contribution in [2.45, 2.75) is 13.2 Å². The normalized spacial score (nSPS) is 14.4. The molecule has 0 radical (unpaired) electrons. The molecule has 26 heavy (non-hydrogen) atoms. The summed E-state index contributed by atoms with van der Waals surface area (Å²) < 4.78 is 10.9. The van der Waals surface area contributed by atoms with Crippen LogP contribution in [-0.2, 0) is 17.9 Å². The zero-order valence-corrected chi connectivity index (χ0v) is 15.1. The zero-order valence-electron chi connectivity index (χ0n) is 14.3. The van der Waals surface area contributed by atoms with Crippen molar-refractivity contribution in [1.82, 2.24) is 24.1 Å². The molecule has 1 fully saturated rings. The molecule has 4 heterocycles. The third kappa shape index (κ3) is 3.49. The monoisotopic (exact) mass is 370 g/mol. The third-order valence-electron chi connectivity index (χ3n) is 4.23. The van der Waals surface area contributed by atoms with Crippen LogP contribution in [0, 0.1) is 5.92 Å². The van der Waals surface area contributed by atoms with Crippen molar-refractivity contribution in [1.29, 1.82) is 0 Å². The third-order valence-corrected chi connectivity index (χ3v) is 5.05. The molecule has 0 N–H and O–H groups in total. The maximum absolute atomic E-state index is 12.1. The van der Waals surface area contributed by atoms with Crippen LogP contribution in [0.25, 0.3) is 11.3 Å². The van der Waals surface area contributed by atoms with Gasteiger partial charge in [-0.3, -0.25) is 9.78 Å². The molecule has 1 aliphatic rings. The van der Waals surface area contributed by atoms with Crippen LogP contribution in [-0.4, -0.2) is 44.3 Å². The van der Waals surface area contributed by atoms with Crippen molar-refractivity contribution in [2.75, 3.05) is 25.1 Å². The van der Waals surface area contributed by atoms with Gasteiger partial charge >= 0.3 is 0 Å². The molecule has 0 aliphatic carbocycles. The maximum atomic E-state index is 12.1. The first-order valence-corrected chi connectivity index (χ1v) is 9.05. The van der Waals surface area contributed by atoms with E-state index in [0.717, 1.165) is 29.5 Å². The van der Waals surface area contributed by atoms with Gasteiger partial charge in [0.1, 0.15) is 6.61 Å². The molecule has 134 valence electrons. The minimum atomic E-state index is -0.0837. The van der Waals surface area contributed by atoms with Crippen molar-refractivity contribution in [3.8, 4) is 11.3 Å². The van der Waals surface area contributed by atoms with E-state index in [1.165, 1.54) is 11.5 Å². The molecule has 8 nitrogen and oxygen atoms in total.